The number of nitrogens with one attached hydrogen (secondary N) is 1. The van der Waals surface area contributed by atoms with Crippen LogP contribution < -0.4 is 10.1 Å². The molecule has 0 saturated heterocycles. The second kappa shape index (κ2) is 6.32. The zero-order chi connectivity index (χ0) is 14.5. The molecule has 1 N–H and O–H groups in total. The summed E-state index contributed by atoms with van der Waals surface area (Å²) in [6.07, 6.45) is 2.66. The number of hydrogen-bond donors (Lipinski definition) is 1. The first kappa shape index (κ1) is 13.5. The number of benzene rings is 2. The first-order chi connectivity index (χ1) is 10.3. The van der Waals surface area contributed by atoms with Gasteiger partial charge in [0.2, 0.25) is 0 Å². The van der Waals surface area contributed by atoms with Crippen LogP contribution in [-0.4, -0.2) is 6.61 Å². The van der Waals surface area contributed by atoms with Gasteiger partial charge in [-0.1, -0.05) is 30.3 Å². The van der Waals surface area contributed by atoms with E-state index < -0.39 is 0 Å². The largest absolute Gasteiger partial charge is 0.479 e. The van der Waals surface area contributed by atoms with Crippen LogP contribution in [0.5, 0.6) is 5.75 Å². The molecule has 0 amide bonds. The van der Waals surface area contributed by atoms with Crippen molar-refractivity contribution in [1.29, 1.82) is 5.26 Å². The molecule has 0 spiro atoms. The van der Waals surface area contributed by atoms with Crippen molar-refractivity contribution >= 4 is 5.69 Å². The molecule has 1 aliphatic carbocycles. The van der Waals surface area contributed by atoms with Crippen LogP contribution in [-0.2, 0) is 6.54 Å². The maximum Gasteiger partial charge on any atom is 0.174 e. The Hall–Kier alpha value is -2.47. The van der Waals surface area contributed by atoms with Gasteiger partial charge in [0.05, 0.1) is 0 Å². The number of nitriles is 1. The number of anilines is 1. The number of rotatable bonds is 6. The summed E-state index contributed by atoms with van der Waals surface area (Å²) in [6.45, 7) is 0.870. The topological polar surface area (TPSA) is 45.0 Å². The minimum absolute atomic E-state index is 0.0763. The van der Waals surface area contributed by atoms with Gasteiger partial charge in [-0.2, -0.15) is 5.26 Å². The lowest BCUT2D eigenvalue weighted by Crippen LogP contribution is -2.00. The first-order valence-corrected chi connectivity index (χ1v) is 7.27. The van der Waals surface area contributed by atoms with E-state index in [-0.39, 0.29) is 6.61 Å². The van der Waals surface area contributed by atoms with Crippen molar-refractivity contribution in [2.24, 2.45) is 0 Å². The molecule has 2 aromatic rings. The molecule has 3 heteroatoms. The minimum Gasteiger partial charge on any atom is -0.479 e. The van der Waals surface area contributed by atoms with Gasteiger partial charge >= 0.3 is 0 Å². The number of nitrogens with zero attached hydrogens (tertiary/aromatic N) is 1. The van der Waals surface area contributed by atoms with Gasteiger partial charge in [0.15, 0.2) is 6.61 Å². The SMILES string of the molecule is N#CCOc1cccc(NCc2cccc(C3CC3)c2)c1. The lowest BCUT2D eigenvalue weighted by molar-refractivity contribution is 0.368. The highest BCUT2D eigenvalue weighted by atomic mass is 16.5. The van der Waals surface area contributed by atoms with E-state index >= 15 is 0 Å². The van der Waals surface area contributed by atoms with Crippen LogP contribution >= 0.6 is 0 Å². The zero-order valence-electron chi connectivity index (χ0n) is 11.9. The molecule has 1 aliphatic rings. The van der Waals surface area contributed by atoms with E-state index in [4.69, 9.17) is 10.00 Å². The third kappa shape index (κ3) is 3.76. The molecule has 0 aliphatic heterocycles. The standard InChI is InChI=1S/C18H18N2O/c19-9-10-21-18-6-2-5-17(12-18)20-13-14-3-1-4-16(11-14)15-7-8-15/h1-6,11-12,15,20H,7-8,10,13H2. The summed E-state index contributed by atoms with van der Waals surface area (Å²) in [5, 5.41) is 11.9. The quantitative estimate of drug-likeness (QED) is 0.866. The Kier molecular flexibility index (Phi) is 4.07. The zero-order valence-corrected chi connectivity index (χ0v) is 11.9. The second-order valence-corrected chi connectivity index (χ2v) is 5.35. The average Bonchev–Trinajstić information content (AvgIpc) is 3.37. The predicted molar refractivity (Wildman–Crippen MR) is 83.3 cm³/mol. The normalized spacial score (nSPS) is 13.5. The Morgan fingerprint density at radius 3 is 2.81 bits per heavy atom. The summed E-state index contributed by atoms with van der Waals surface area (Å²) >= 11 is 0. The Morgan fingerprint density at radius 2 is 2.00 bits per heavy atom. The molecule has 0 bridgehead atoms. The molecule has 0 atom stereocenters. The van der Waals surface area contributed by atoms with Gasteiger partial charge in [-0.05, 0) is 42.0 Å². The van der Waals surface area contributed by atoms with Crippen LogP contribution in [0.1, 0.15) is 29.9 Å². The smallest absolute Gasteiger partial charge is 0.174 e. The highest BCUT2D eigenvalue weighted by molar-refractivity contribution is 5.48. The van der Waals surface area contributed by atoms with E-state index in [1.807, 2.05) is 30.3 Å². The van der Waals surface area contributed by atoms with E-state index in [0.29, 0.717) is 5.75 Å². The van der Waals surface area contributed by atoms with Crippen molar-refractivity contribution in [3.63, 3.8) is 0 Å². The molecule has 2 aromatic carbocycles. The minimum atomic E-state index is 0.0763. The van der Waals surface area contributed by atoms with Gasteiger partial charge in [-0.15, -0.1) is 0 Å². The van der Waals surface area contributed by atoms with Crippen LogP contribution in [0.25, 0.3) is 0 Å². The van der Waals surface area contributed by atoms with Crippen molar-refractivity contribution in [2.45, 2.75) is 25.3 Å². The van der Waals surface area contributed by atoms with E-state index in [1.54, 1.807) is 0 Å². The van der Waals surface area contributed by atoms with E-state index in [1.165, 1.54) is 24.0 Å². The molecule has 3 rings (SSSR count). The number of hydrogen-bond acceptors (Lipinski definition) is 3. The molecule has 0 aromatic heterocycles. The lowest BCUT2D eigenvalue weighted by Gasteiger charge is -2.09. The van der Waals surface area contributed by atoms with E-state index in [2.05, 4.69) is 29.6 Å². The van der Waals surface area contributed by atoms with Crippen LogP contribution in [0, 0.1) is 11.3 Å². The molecule has 0 radical (unpaired) electrons. The van der Waals surface area contributed by atoms with Crippen LogP contribution in [0.4, 0.5) is 5.69 Å². The van der Waals surface area contributed by atoms with Gasteiger partial charge in [0.1, 0.15) is 11.8 Å². The highest BCUT2D eigenvalue weighted by Gasteiger charge is 2.23. The van der Waals surface area contributed by atoms with Gasteiger partial charge in [-0.25, -0.2) is 0 Å². The van der Waals surface area contributed by atoms with Gasteiger partial charge < -0.3 is 10.1 Å². The van der Waals surface area contributed by atoms with Crippen LogP contribution in [0.2, 0.25) is 0 Å². The summed E-state index contributed by atoms with van der Waals surface area (Å²) < 4.78 is 5.31. The summed E-state index contributed by atoms with van der Waals surface area (Å²) in [5.41, 5.74) is 3.76. The molecular weight excluding hydrogens is 260 g/mol. The second-order valence-electron chi connectivity index (χ2n) is 5.35. The summed E-state index contributed by atoms with van der Waals surface area (Å²) in [4.78, 5) is 0. The summed E-state index contributed by atoms with van der Waals surface area (Å²) in [7, 11) is 0. The Bertz CT molecular complexity index is 656. The van der Waals surface area contributed by atoms with E-state index in [9.17, 15) is 0 Å². The van der Waals surface area contributed by atoms with Crippen molar-refractivity contribution in [1.82, 2.24) is 0 Å². The summed E-state index contributed by atoms with van der Waals surface area (Å²) in [5.74, 6) is 1.50. The van der Waals surface area contributed by atoms with Crippen LogP contribution in [0.15, 0.2) is 48.5 Å². The monoisotopic (exact) mass is 278 g/mol. The third-order valence-electron chi connectivity index (χ3n) is 3.63. The maximum atomic E-state index is 8.53. The molecule has 3 nitrogen and oxygen atoms in total. The molecule has 0 heterocycles. The predicted octanol–water partition coefficient (Wildman–Crippen LogP) is 4.08. The molecule has 106 valence electrons. The van der Waals surface area contributed by atoms with Gasteiger partial charge in [0, 0.05) is 18.3 Å². The van der Waals surface area contributed by atoms with E-state index in [0.717, 1.165) is 18.2 Å². The molecule has 0 unspecified atom stereocenters. The van der Waals surface area contributed by atoms with Crippen molar-refractivity contribution < 1.29 is 4.74 Å². The van der Waals surface area contributed by atoms with Crippen LogP contribution in [0.3, 0.4) is 0 Å². The molecule has 1 fully saturated rings. The molecule has 21 heavy (non-hydrogen) atoms. The third-order valence-corrected chi connectivity index (χ3v) is 3.63. The Labute approximate surface area is 125 Å². The fourth-order valence-corrected chi connectivity index (χ4v) is 2.39. The van der Waals surface area contributed by atoms with Gasteiger partial charge in [-0.3, -0.25) is 0 Å². The van der Waals surface area contributed by atoms with Gasteiger partial charge in [0.25, 0.3) is 0 Å². The summed E-state index contributed by atoms with van der Waals surface area (Å²) in [6, 6.07) is 18.5. The first-order valence-electron chi connectivity index (χ1n) is 7.27. The van der Waals surface area contributed by atoms with Crippen molar-refractivity contribution in [3.05, 3.63) is 59.7 Å². The fraction of sp³-hybridized carbons (Fsp3) is 0.278. The molecular formula is C18H18N2O. The Balaban J connectivity index is 1.61. The average molecular weight is 278 g/mol. The fourth-order valence-electron chi connectivity index (χ4n) is 2.39. The Morgan fingerprint density at radius 1 is 1.14 bits per heavy atom. The highest BCUT2D eigenvalue weighted by Crippen LogP contribution is 2.40. The lowest BCUT2D eigenvalue weighted by atomic mass is 10.1. The number of ether oxygens (including phenoxy) is 1. The molecule has 1 saturated carbocycles. The van der Waals surface area contributed by atoms with Crippen molar-refractivity contribution in [2.75, 3.05) is 11.9 Å². The van der Waals surface area contributed by atoms with Crippen molar-refractivity contribution in [3.8, 4) is 11.8 Å². The maximum absolute atomic E-state index is 8.53.